The van der Waals surface area contributed by atoms with Gasteiger partial charge in [-0.3, -0.25) is 0 Å². The molecule has 1 aliphatic heterocycles. The Morgan fingerprint density at radius 1 is 0.696 bits per heavy atom. The van der Waals surface area contributed by atoms with Crippen molar-refractivity contribution in [2.24, 2.45) is 0 Å². The van der Waals surface area contributed by atoms with Crippen LogP contribution in [-0.4, -0.2) is 34.7 Å². The van der Waals surface area contributed by atoms with E-state index in [0.717, 1.165) is 69.4 Å². The van der Waals surface area contributed by atoms with Crippen LogP contribution in [0.25, 0.3) is 21.8 Å². The lowest BCUT2D eigenvalue weighted by Gasteiger charge is -2.07. The lowest BCUT2D eigenvalue weighted by molar-refractivity contribution is 0.167. The molecule has 3 heterocycles. The average Bonchev–Trinajstić information content (AvgIpc) is 2.60. The Morgan fingerprint density at radius 3 is 1.70 bits per heavy atom. The largest absolute Gasteiger partial charge is 0.380 e. The van der Waals surface area contributed by atoms with Gasteiger partial charge in [-0.2, -0.15) is 23.5 Å². The Bertz CT molecular complexity index is 769. The number of thioether (sulfide) groups is 2. The maximum atomic E-state index is 5.68. The highest BCUT2D eigenvalue weighted by molar-refractivity contribution is 7.98. The molecular weight excluding hydrogens is 324 g/mol. The zero-order chi connectivity index (χ0) is 15.5. The maximum Gasteiger partial charge on any atom is 0.0968 e. The molecule has 0 unspecified atom stereocenters. The molecule has 3 aromatic rings. The van der Waals surface area contributed by atoms with Gasteiger partial charge in [0.05, 0.1) is 35.6 Å². The minimum atomic E-state index is 0.815. The van der Waals surface area contributed by atoms with Gasteiger partial charge in [-0.15, -0.1) is 0 Å². The van der Waals surface area contributed by atoms with Crippen LogP contribution in [-0.2, 0) is 16.2 Å². The van der Waals surface area contributed by atoms with Gasteiger partial charge in [0.15, 0.2) is 0 Å². The van der Waals surface area contributed by atoms with E-state index in [2.05, 4.69) is 36.4 Å². The Kier molecular flexibility index (Phi) is 4.69. The topological polar surface area (TPSA) is 35.0 Å². The monoisotopic (exact) mass is 342 g/mol. The predicted molar refractivity (Wildman–Crippen MR) is 100 cm³/mol. The molecule has 0 spiro atoms. The van der Waals surface area contributed by atoms with Crippen molar-refractivity contribution in [3.63, 3.8) is 0 Å². The molecule has 4 rings (SSSR count). The summed E-state index contributed by atoms with van der Waals surface area (Å²) < 4.78 is 5.68. The quantitative estimate of drug-likeness (QED) is 0.570. The van der Waals surface area contributed by atoms with Crippen molar-refractivity contribution < 1.29 is 4.74 Å². The van der Waals surface area contributed by atoms with Crippen LogP contribution in [0.2, 0.25) is 0 Å². The van der Waals surface area contributed by atoms with E-state index in [9.17, 15) is 0 Å². The molecule has 5 heteroatoms. The van der Waals surface area contributed by atoms with E-state index < -0.39 is 0 Å². The summed E-state index contributed by atoms with van der Waals surface area (Å²) in [6.45, 7) is 1.63. The van der Waals surface area contributed by atoms with Gasteiger partial charge in [0.2, 0.25) is 0 Å². The number of hydrogen-bond donors (Lipinski definition) is 0. The molecule has 118 valence electrons. The molecule has 0 radical (unpaired) electrons. The van der Waals surface area contributed by atoms with Gasteiger partial charge in [0.25, 0.3) is 0 Å². The number of fused-ring (bicyclic) bond motifs is 2. The maximum absolute atomic E-state index is 5.68. The molecule has 23 heavy (non-hydrogen) atoms. The van der Waals surface area contributed by atoms with Crippen molar-refractivity contribution in [1.82, 2.24) is 9.97 Å². The molecule has 1 aliphatic rings. The van der Waals surface area contributed by atoms with E-state index in [0.29, 0.717) is 0 Å². The minimum absolute atomic E-state index is 0.815. The lowest BCUT2D eigenvalue weighted by Crippen LogP contribution is -2.02. The number of ether oxygens (including phenoxy) is 1. The molecule has 4 bridgehead atoms. The number of nitrogens with zero attached hydrogens (tertiary/aromatic N) is 2. The summed E-state index contributed by atoms with van der Waals surface area (Å²) in [5, 5.41) is 2.33. The normalized spacial score (nSPS) is 16.9. The van der Waals surface area contributed by atoms with Crippen LogP contribution in [0.4, 0.5) is 0 Å². The summed E-state index contributed by atoms with van der Waals surface area (Å²) in [5.74, 6) is 3.87. The molecule has 0 amide bonds. The summed E-state index contributed by atoms with van der Waals surface area (Å²) in [5.41, 5.74) is 4.29. The van der Waals surface area contributed by atoms with Crippen LogP contribution in [0.15, 0.2) is 36.4 Å². The zero-order valence-corrected chi connectivity index (χ0v) is 14.5. The van der Waals surface area contributed by atoms with Gasteiger partial charge in [-0.25, -0.2) is 9.97 Å². The van der Waals surface area contributed by atoms with Crippen LogP contribution in [0, 0.1) is 0 Å². The molecule has 0 fully saturated rings. The summed E-state index contributed by atoms with van der Waals surface area (Å²) in [6, 6.07) is 12.9. The predicted octanol–water partition coefficient (Wildman–Crippen LogP) is 4.28. The number of pyridine rings is 2. The van der Waals surface area contributed by atoms with Gasteiger partial charge in [-0.05, 0) is 12.1 Å². The second-order valence-corrected chi connectivity index (χ2v) is 7.74. The third kappa shape index (κ3) is 3.47. The first-order chi connectivity index (χ1) is 11.4. The van der Waals surface area contributed by atoms with Crippen LogP contribution < -0.4 is 0 Å². The van der Waals surface area contributed by atoms with Gasteiger partial charge in [0, 0.05) is 33.8 Å². The van der Waals surface area contributed by atoms with Gasteiger partial charge < -0.3 is 4.74 Å². The fourth-order valence-corrected chi connectivity index (χ4v) is 4.20. The van der Waals surface area contributed by atoms with E-state index >= 15 is 0 Å². The number of aromatic nitrogens is 2. The standard InChI is InChI=1S/C18H18N2OS2/c1-2-14-4-6-16-12-23-10-8-21-7-9-22-11-15-5-3-13(1)17(19-15)18(14)20-16/h1-6H,7-12H2. The van der Waals surface area contributed by atoms with Crippen LogP contribution in [0.3, 0.4) is 0 Å². The van der Waals surface area contributed by atoms with Crippen molar-refractivity contribution in [3.8, 4) is 0 Å². The molecule has 3 nitrogen and oxygen atoms in total. The Labute approximate surface area is 144 Å². The average molecular weight is 342 g/mol. The molecular formula is C18H18N2OS2. The smallest absolute Gasteiger partial charge is 0.0968 e. The highest BCUT2D eigenvalue weighted by Crippen LogP contribution is 2.25. The summed E-state index contributed by atoms with van der Waals surface area (Å²) >= 11 is 3.75. The van der Waals surface area contributed by atoms with Crippen molar-refractivity contribution in [2.75, 3.05) is 24.7 Å². The molecule has 1 aromatic carbocycles. The second-order valence-electron chi connectivity index (χ2n) is 5.53. The molecule has 0 saturated heterocycles. The Hall–Kier alpha value is -1.30. The Balaban J connectivity index is 1.82. The van der Waals surface area contributed by atoms with Gasteiger partial charge >= 0.3 is 0 Å². The van der Waals surface area contributed by atoms with Crippen molar-refractivity contribution in [1.29, 1.82) is 0 Å². The second kappa shape index (κ2) is 7.07. The van der Waals surface area contributed by atoms with E-state index in [1.807, 2.05) is 23.5 Å². The summed E-state index contributed by atoms with van der Waals surface area (Å²) in [6.07, 6.45) is 0. The number of hydrogen-bond acceptors (Lipinski definition) is 5. The molecule has 0 saturated carbocycles. The summed E-state index contributed by atoms with van der Waals surface area (Å²) in [7, 11) is 0. The van der Waals surface area contributed by atoms with Crippen molar-refractivity contribution in [3.05, 3.63) is 47.8 Å². The first-order valence-corrected chi connectivity index (χ1v) is 10.1. The van der Waals surface area contributed by atoms with E-state index in [-0.39, 0.29) is 0 Å². The van der Waals surface area contributed by atoms with E-state index in [4.69, 9.17) is 14.7 Å². The third-order valence-electron chi connectivity index (χ3n) is 3.88. The van der Waals surface area contributed by atoms with Gasteiger partial charge in [0.1, 0.15) is 0 Å². The fourth-order valence-electron chi connectivity index (χ4n) is 2.70. The third-order valence-corrected chi connectivity index (χ3v) is 5.79. The fraction of sp³-hybridized carbons (Fsp3) is 0.333. The number of benzene rings is 1. The summed E-state index contributed by atoms with van der Waals surface area (Å²) in [4.78, 5) is 9.77. The molecule has 2 aromatic heterocycles. The molecule has 0 atom stereocenters. The highest BCUT2D eigenvalue weighted by atomic mass is 32.2. The van der Waals surface area contributed by atoms with Crippen LogP contribution >= 0.6 is 23.5 Å². The first kappa shape index (κ1) is 15.2. The van der Waals surface area contributed by atoms with Crippen LogP contribution in [0.1, 0.15) is 11.4 Å². The van der Waals surface area contributed by atoms with E-state index in [1.165, 1.54) is 0 Å². The Morgan fingerprint density at radius 2 is 1.17 bits per heavy atom. The van der Waals surface area contributed by atoms with E-state index in [1.54, 1.807) is 0 Å². The van der Waals surface area contributed by atoms with Crippen molar-refractivity contribution in [2.45, 2.75) is 11.5 Å². The SMILES string of the molecule is c1cc2ccc3ccc4nc3c2nc1CSCCOCCSC4. The highest BCUT2D eigenvalue weighted by Gasteiger charge is 2.07. The van der Waals surface area contributed by atoms with Crippen LogP contribution in [0.5, 0.6) is 0 Å². The lowest BCUT2D eigenvalue weighted by atomic mass is 10.1. The molecule has 0 aliphatic carbocycles. The first-order valence-electron chi connectivity index (χ1n) is 7.82. The van der Waals surface area contributed by atoms with Gasteiger partial charge in [-0.1, -0.05) is 24.3 Å². The zero-order valence-electron chi connectivity index (χ0n) is 12.8. The minimum Gasteiger partial charge on any atom is -0.380 e. The van der Waals surface area contributed by atoms with Crippen molar-refractivity contribution >= 4 is 45.3 Å². The number of rotatable bonds is 0. The molecule has 0 N–H and O–H groups in total.